The van der Waals surface area contributed by atoms with Crippen LogP contribution in [0.5, 0.6) is 0 Å². The molecule has 0 aromatic carbocycles. The quantitative estimate of drug-likeness (QED) is 0.853. The average molecular weight is 275 g/mol. The zero-order valence-electron chi connectivity index (χ0n) is 13.2. The molecule has 1 aromatic heterocycles. The van der Waals surface area contributed by atoms with E-state index in [1.165, 1.54) is 37.1 Å². The largest absolute Gasteiger partial charge is 0.385 e. The predicted molar refractivity (Wildman–Crippen MR) is 85.9 cm³/mol. The fourth-order valence-corrected chi connectivity index (χ4v) is 3.01. The Hall–Kier alpha value is -1.09. The van der Waals surface area contributed by atoms with Gasteiger partial charge in [-0.2, -0.15) is 0 Å². The van der Waals surface area contributed by atoms with E-state index in [-0.39, 0.29) is 0 Å². The molecule has 0 spiro atoms. The molecule has 2 rings (SSSR count). The molecule has 0 bridgehead atoms. The van der Waals surface area contributed by atoms with Gasteiger partial charge in [-0.15, -0.1) is 0 Å². The first-order valence-corrected chi connectivity index (χ1v) is 8.08. The highest BCUT2D eigenvalue weighted by Gasteiger charge is 2.21. The number of aromatic nitrogens is 1. The second-order valence-corrected chi connectivity index (χ2v) is 6.29. The zero-order chi connectivity index (χ0) is 14.4. The van der Waals surface area contributed by atoms with Gasteiger partial charge in [0.05, 0.1) is 5.69 Å². The third-order valence-electron chi connectivity index (χ3n) is 4.42. The Morgan fingerprint density at radius 3 is 2.75 bits per heavy atom. The molecule has 1 N–H and O–H groups in total. The number of hydrogen-bond acceptors (Lipinski definition) is 3. The van der Waals surface area contributed by atoms with Crippen molar-refractivity contribution in [1.82, 2.24) is 9.88 Å². The fraction of sp³-hybridized carbons (Fsp3) is 0.706. The normalized spacial score (nSPS) is 23.0. The number of nitrogens with one attached hydrogen (secondary N) is 1. The molecule has 3 nitrogen and oxygen atoms in total. The van der Waals surface area contributed by atoms with Crippen molar-refractivity contribution in [2.24, 2.45) is 5.92 Å². The Labute approximate surface area is 123 Å². The van der Waals surface area contributed by atoms with Gasteiger partial charge in [-0.05, 0) is 57.2 Å². The number of hydrogen-bond donors (Lipinski definition) is 1. The van der Waals surface area contributed by atoms with Gasteiger partial charge in [-0.25, -0.2) is 0 Å². The van der Waals surface area contributed by atoms with Crippen LogP contribution in [0.2, 0.25) is 0 Å². The molecule has 1 aliphatic rings. The summed E-state index contributed by atoms with van der Waals surface area (Å²) in [5, 5.41) is 3.43. The van der Waals surface area contributed by atoms with E-state index in [1.54, 1.807) is 0 Å². The number of nitrogens with zero attached hydrogens (tertiary/aromatic N) is 2. The zero-order valence-corrected chi connectivity index (χ0v) is 13.2. The summed E-state index contributed by atoms with van der Waals surface area (Å²) >= 11 is 0. The third kappa shape index (κ3) is 4.48. The highest BCUT2D eigenvalue weighted by molar-refractivity contribution is 5.43. The van der Waals surface area contributed by atoms with E-state index in [0.717, 1.165) is 31.5 Å². The summed E-state index contributed by atoms with van der Waals surface area (Å²) in [5.41, 5.74) is 2.37. The van der Waals surface area contributed by atoms with Crippen molar-refractivity contribution in [3.8, 4) is 0 Å². The van der Waals surface area contributed by atoms with Crippen molar-refractivity contribution in [3.63, 3.8) is 0 Å². The average Bonchev–Trinajstić information content (AvgIpc) is 2.46. The molecule has 1 saturated carbocycles. The van der Waals surface area contributed by atoms with Gasteiger partial charge in [0.25, 0.3) is 0 Å². The van der Waals surface area contributed by atoms with Gasteiger partial charge in [0.15, 0.2) is 0 Å². The summed E-state index contributed by atoms with van der Waals surface area (Å²) in [7, 11) is 2.24. The monoisotopic (exact) mass is 275 g/mol. The minimum atomic E-state index is 0.736. The molecule has 1 aromatic rings. The Kier molecular flexibility index (Phi) is 5.84. The van der Waals surface area contributed by atoms with Crippen LogP contribution in [0.15, 0.2) is 18.3 Å². The maximum Gasteiger partial charge on any atom is 0.0564 e. The van der Waals surface area contributed by atoms with E-state index < -0.39 is 0 Å². The number of pyridine rings is 1. The summed E-state index contributed by atoms with van der Waals surface area (Å²) in [6, 6.07) is 4.99. The standard InChI is InChI=1S/C17H29N3/c1-4-10-18-15-9-11-19-16(12-15)13-20(3)17-7-5-14(2)6-8-17/h9,11-12,14,17H,4-8,10,13H2,1-3H3,(H,18,19). The Balaban J connectivity index is 1.88. The molecule has 1 heterocycles. The summed E-state index contributed by atoms with van der Waals surface area (Å²) in [6.45, 7) is 6.55. The lowest BCUT2D eigenvalue weighted by Gasteiger charge is -2.33. The van der Waals surface area contributed by atoms with E-state index in [2.05, 4.69) is 48.2 Å². The van der Waals surface area contributed by atoms with Gasteiger partial charge in [-0.1, -0.05) is 13.8 Å². The maximum atomic E-state index is 4.52. The van der Waals surface area contributed by atoms with Gasteiger partial charge >= 0.3 is 0 Å². The first-order chi connectivity index (χ1) is 9.69. The van der Waals surface area contributed by atoms with Gasteiger partial charge in [0, 0.05) is 31.0 Å². The van der Waals surface area contributed by atoms with Crippen LogP contribution >= 0.6 is 0 Å². The maximum absolute atomic E-state index is 4.52. The molecule has 0 amide bonds. The molecule has 20 heavy (non-hydrogen) atoms. The summed E-state index contributed by atoms with van der Waals surface area (Å²) in [4.78, 5) is 7.00. The molecule has 112 valence electrons. The topological polar surface area (TPSA) is 28.2 Å². The second kappa shape index (κ2) is 7.63. The fourth-order valence-electron chi connectivity index (χ4n) is 3.01. The number of anilines is 1. The van der Waals surface area contributed by atoms with E-state index in [9.17, 15) is 0 Å². The molecule has 1 fully saturated rings. The van der Waals surface area contributed by atoms with E-state index in [0.29, 0.717) is 0 Å². The SMILES string of the molecule is CCCNc1ccnc(CN(C)C2CCC(C)CC2)c1. The van der Waals surface area contributed by atoms with Gasteiger partial charge in [0.1, 0.15) is 0 Å². The highest BCUT2D eigenvalue weighted by Crippen LogP contribution is 2.27. The van der Waals surface area contributed by atoms with Crippen LogP contribution in [0.3, 0.4) is 0 Å². The van der Waals surface area contributed by atoms with Crippen LogP contribution in [0.25, 0.3) is 0 Å². The minimum absolute atomic E-state index is 0.736. The van der Waals surface area contributed by atoms with Crippen molar-refractivity contribution in [2.45, 2.75) is 58.5 Å². The summed E-state index contributed by atoms with van der Waals surface area (Å²) < 4.78 is 0. The van der Waals surface area contributed by atoms with E-state index >= 15 is 0 Å². The predicted octanol–water partition coefficient (Wildman–Crippen LogP) is 3.91. The van der Waals surface area contributed by atoms with Crippen LogP contribution in [0.1, 0.15) is 51.6 Å². The van der Waals surface area contributed by atoms with Crippen LogP contribution in [0, 0.1) is 5.92 Å². The van der Waals surface area contributed by atoms with Crippen LogP contribution in [0.4, 0.5) is 5.69 Å². The molecule has 0 saturated heterocycles. The Bertz CT molecular complexity index is 397. The highest BCUT2D eigenvalue weighted by atomic mass is 15.1. The van der Waals surface area contributed by atoms with Crippen molar-refractivity contribution >= 4 is 5.69 Å². The van der Waals surface area contributed by atoms with Crippen molar-refractivity contribution in [2.75, 3.05) is 18.9 Å². The molecule has 0 radical (unpaired) electrons. The lowest BCUT2D eigenvalue weighted by molar-refractivity contribution is 0.162. The second-order valence-electron chi connectivity index (χ2n) is 6.29. The Morgan fingerprint density at radius 2 is 2.05 bits per heavy atom. The molecule has 0 unspecified atom stereocenters. The van der Waals surface area contributed by atoms with Gasteiger partial charge < -0.3 is 5.32 Å². The Morgan fingerprint density at radius 1 is 1.30 bits per heavy atom. The van der Waals surface area contributed by atoms with Crippen molar-refractivity contribution in [3.05, 3.63) is 24.0 Å². The lowest BCUT2D eigenvalue weighted by atomic mass is 9.87. The third-order valence-corrected chi connectivity index (χ3v) is 4.42. The van der Waals surface area contributed by atoms with Crippen molar-refractivity contribution in [1.29, 1.82) is 0 Å². The smallest absolute Gasteiger partial charge is 0.0564 e. The molecule has 0 atom stereocenters. The first-order valence-electron chi connectivity index (χ1n) is 8.08. The molecule has 0 aliphatic heterocycles. The van der Waals surface area contributed by atoms with Gasteiger partial charge in [-0.3, -0.25) is 9.88 Å². The van der Waals surface area contributed by atoms with E-state index in [1.807, 2.05) is 6.20 Å². The molecular weight excluding hydrogens is 246 g/mol. The van der Waals surface area contributed by atoms with Crippen molar-refractivity contribution < 1.29 is 0 Å². The summed E-state index contributed by atoms with van der Waals surface area (Å²) in [5.74, 6) is 0.916. The first kappa shape index (κ1) is 15.3. The molecular formula is C17H29N3. The molecule has 1 aliphatic carbocycles. The summed E-state index contributed by atoms with van der Waals surface area (Å²) in [6.07, 6.45) is 8.50. The molecule has 3 heteroatoms. The lowest BCUT2D eigenvalue weighted by Crippen LogP contribution is -2.34. The van der Waals surface area contributed by atoms with Crippen LogP contribution in [-0.4, -0.2) is 29.5 Å². The van der Waals surface area contributed by atoms with Gasteiger partial charge in [0.2, 0.25) is 0 Å². The van der Waals surface area contributed by atoms with E-state index in [4.69, 9.17) is 0 Å². The number of rotatable bonds is 6. The van der Waals surface area contributed by atoms with Crippen LogP contribution in [-0.2, 0) is 6.54 Å². The minimum Gasteiger partial charge on any atom is -0.385 e. The van der Waals surface area contributed by atoms with Crippen LogP contribution < -0.4 is 5.32 Å².